The molecule has 0 aliphatic carbocycles. The molecule has 33 heavy (non-hydrogen) atoms. The van der Waals surface area contributed by atoms with Crippen LogP contribution < -0.4 is 0 Å². The molecule has 3 aromatic carbocycles. The van der Waals surface area contributed by atoms with Crippen LogP contribution in [0.3, 0.4) is 0 Å². The second-order valence-electron chi connectivity index (χ2n) is 7.99. The summed E-state index contributed by atoms with van der Waals surface area (Å²) in [5, 5.41) is 12.5. The monoisotopic (exact) mass is 545 g/mol. The minimum absolute atomic E-state index is 0.0183. The van der Waals surface area contributed by atoms with Crippen LogP contribution >= 0.6 is 53.8 Å². The van der Waals surface area contributed by atoms with Crippen molar-refractivity contribution in [3.63, 3.8) is 0 Å². The SMILES string of the molecule is O=P(O)(Cc1ccccc1)C[C@@H](O)CN(Cc1ccc(Cl)c(Cl)c1)Cc1ccc(Cl)c(Cl)c1. The van der Waals surface area contributed by atoms with E-state index in [4.69, 9.17) is 46.4 Å². The van der Waals surface area contributed by atoms with E-state index in [1.165, 1.54) is 0 Å². The lowest BCUT2D eigenvalue weighted by atomic mass is 10.1. The zero-order valence-corrected chi connectivity index (χ0v) is 21.6. The molecule has 176 valence electrons. The van der Waals surface area contributed by atoms with Crippen molar-refractivity contribution < 1.29 is 14.6 Å². The fourth-order valence-corrected chi connectivity index (χ4v) is 5.92. The van der Waals surface area contributed by atoms with Crippen LogP contribution in [0.4, 0.5) is 0 Å². The quantitative estimate of drug-likeness (QED) is 0.265. The third-order valence-electron chi connectivity index (χ3n) is 5.02. The van der Waals surface area contributed by atoms with E-state index in [-0.39, 0.29) is 18.9 Å². The highest BCUT2D eigenvalue weighted by Crippen LogP contribution is 2.45. The Labute approximate surface area is 214 Å². The second-order valence-corrected chi connectivity index (χ2v) is 12.0. The van der Waals surface area contributed by atoms with Gasteiger partial charge < -0.3 is 10.00 Å². The van der Waals surface area contributed by atoms with Gasteiger partial charge >= 0.3 is 0 Å². The van der Waals surface area contributed by atoms with Gasteiger partial charge in [-0.2, -0.15) is 0 Å². The first-order valence-corrected chi connectivity index (χ1v) is 13.8. The van der Waals surface area contributed by atoms with Gasteiger partial charge in [0.25, 0.3) is 0 Å². The van der Waals surface area contributed by atoms with E-state index in [0.717, 1.165) is 16.7 Å². The molecule has 0 fully saturated rings. The maximum Gasteiger partial charge on any atom is 0.207 e. The average Bonchev–Trinajstić information content (AvgIpc) is 2.73. The molecule has 0 spiro atoms. The van der Waals surface area contributed by atoms with Crippen molar-refractivity contribution in [3.8, 4) is 0 Å². The Morgan fingerprint density at radius 1 is 0.758 bits per heavy atom. The van der Waals surface area contributed by atoms with E-state index in [9.17, 15) is 14.6 Å². The Morgan fingerprint density at radius 3 is 1.76 bits per heavy atom. The topological polar surface area (TPSA) is 60.8 Å². The van der Waals surface area contributed by atoms with E-state index in [1.807, 2.05) is 35.2 Å². The first-order chi connectivity index (χ1) is 15.6. The molecule has 1 unspecified atom stereocenters. The van der Waals surface area contributed by atoms with E-state index in [1.54, 1.807) is 36.4 Å². The number of benzene rings is 3. The second kappa shape index (κ2) is 12.1. The summed E-state index contributed by atoms with van der Waals surface area (Å²) in [5.41, 5.74) is 2.56. The Balaban J connectivity index is 1.73. The zero-order valence-electron chi connectivity index (χ0n) is 17.7. The third kappa shape index (κ3) is 8.58. The lowest BCUT2D eigenvalue weighted by Crippen LogP contribution is -2.33. The van der Waals surface area contributed by atoms with Crippen molar-refractivity contribution in [2.24, 2.45) is 0 Å². The number of aliphatic hydroxyl groups excluding tert-OH is 1. The summed E-state index contributed by atoms with van der Waals surface area (Å²) < 4.78 is 12.8. The first kappa shape index (κ1) is 26.5. The van der Waals surface area contributed by atoms with Gasteiger partial charge in [-0.1, -0.05) is 88.9 Å². The molecule has 3 aromatic rings. The van der Waals surface area contributed by atoms with Gasteiger partial charge in [0.15, 0.2) is 0 Å². The molecule has 0 saturated heterocycles. The largest absolute Gasteiger partial charge is 0.391 e. The van der Waals surface area contributed by atoms with Gasteiger partial charge in [-0.3, -0.25) is 9.46 Å². The van der Waals surface area contributed by atoms with Crippen LogP contribution in [0.25, 0.3) is 0 Å². The van der Waals surface area contributed by atoms with E-state index >= 15 is 0 Å². The molecule has 0 aromatic heterocycles. The van der Waals surface area contributed by atoms with Crippen LogP contribution in [0, 0.1) is 0 Å². The summed E-state index contributed by atoms with van der Waals surface area (Å²) in [6.07, 6.45) is -1.19. The number of rotatable bonds is 10. The number of hydrogen-bond donors (Lipinski definition) is 2. The summed E-state index contributed by atoms with van der Waals surface area (Å²) in [6.45, 7) is 1.07. The van der Waals surface area contributed by atoms with Gasteiger partial charge in [0.1, 0.15) is 0 Å². The molecule has 4 nitrogen and oxygen atoms in total. The Kier molecular flexibility index (Phi) is 9.70. The van der Waals surface area contributed by atoms with Gasteiger partial charge in [-0.05, 0) is 41.0 Å². The van der Waals surface area contributed by atoms with E-state index < -0.39 is 13.5 Å². The van der Waals surface area contributed by atoms with E-state index in [2.05, 4.69) is 0 Å². The highest BCUT2D eigenvalue weighted by atomic mass is 35.5. The van der Waals surface area contributed by atoms with Crippen molar-refractivity contribution in [1.29, 1.82) is 0 Å². The summed E-state index contributed by atoms with van der Waals surface area (Å²) >= 11 is 24.4. The molecule has 3 rings (SSSR count). The number of halogens is 4. The maximum atomic E-state index is 12.8. The third-order valence-corrected chi connectivity index (χ3v) is 8.35. The van der Waals surface area contributed by atoms with Crippen LogP contribution in [0.2, 0.25) is 20.1 Å². The van der Waals surface area contributed by atoms with E-state index in [0.29, 0.717) is 33.2 Å². The van der Waals surface area contributed by atoms with Gasteiger partial charge in [-0.15, -0.1) is 0 Å². The van der Waals surface area contributed by atoms with Crippen LogP contribution in [0.1, 0.15) is 16.7 Å². The molecule has 0 aliphatic rings. The van der Waals surface area contributed by atoms with Crippen molar-refractivity contribution >= 4 is 53.8 Å². The molecule has 0 radical (unpaired) electrons. The Morgan fingerprint density at radius 2 is 1.27 bits per heavy atom. The smallest absolute Gasteiger partial charge is 0.207 e. The van der Waals surface area contributed by atoms with Gasteiger partial charge in [-0.25, -0.2) is 0 Å². The lowest BCUT2D eigenvalue weighted by Gasteiger charge is -2.26. The van der Waals surface area contributed by atoms with Crippen LogP contribution in [-0.4, -0.2) is 33.7 Å². The number of nitrogens with zero attached hydrogens (tertiary/aromatic N) is 1. The van der Waals surface area contributed by atoms with Crippen molar-refractivity contribution in [1.82, 2.24) is 4.90 Å². The normalized spacial score (nSPS) is 14.3. The number of aliphatic hydroxyl groups is 1. The molecule has 0 amide bonds. The molecule has 0 saturated carbocycles. The minimum atomic E-state index is -3.57. The molecule has 2 N–H and O–H groups in total. The molecule has 0 aliphatic heterocycles. The standard InChI is InChI=1S/C24H24Cl4NO3P/c25-21-8-6-18(10-23(21)27)12-29(13-19-7-9-22(26)24(28)11-19)14-20(30)16-33(31,32)15-17-4-2-1-3-5-17/h1-11,20,30H,12-16H2,(H,31,32)/t20-/m0/s1. The molecule has 0 bridgehead atoms. The van der Waals surface area contributed by atoms with Gasteiger partial charge in [0.05, 0.1) is 32.4 Å². The lowest BCUT2D eigenvalue weighted by molar-refractivity contribution is 0.118. The minimum Gasteiger partial charge on any atom is -0.391 e. The highest BCUT2D eigenvalue weighted by Gasteiger charge is 2.25. The fourth-order valence-electron chi connectivity index (χ4n) is 3.60. The Bertz CT molecular complexity index is 1080. The van der Waals surface area contributed by atoms with Crippen molar-refractivity contribution in [3.05, 3.63) is 104 Å². The zero-order chi connectivity index (χ0) is 24.0. The summed E-state index contributed by atoms with van der Waals surface area (Å²) in [5.74, 6) is 0. The maximum absolute atomic E-state index is 12.8. The Hall–Kier alpha value is -1.07. The summed E-state index contributed by atoms with van der Waals surface area (Å²) in [6, 6.07) is 19.8. The van der Waals surface area contributed by atoms with Gasteiger partial charge in [0, 0.05) is 25.8 Å². The fraction of sp³-hybridized carbons (Fsp3) is 0.250. The van der Waals surface area contributed by atoms with Crippen LogP contribution in [0.15, 0.2) is 66.7 Å². The first-order valence-electron chi connectivity index (χ1n) is 10.2. The summed E-state index contributed by atoms with van der Waals surface area (Å²) in [4.78, 5) is 12.4. The van der Waals surface area contributed by atoms with Crippen molar-refractivity contribution in [2.45, 2.75) is 25.4 Å². The molecular weight excluding hydrogens is 523 g/mol. The number of hydrogen-bond acceptors (Lipinski definition) is 3. The van der Waals surface area contributed by atoms with Crippen LogP contribution in [-0.2, 0) is 23.8 Å². The van der Waals surface area contributed by atoms with Gasteiger partial charge in [0.2, 0.25) is 7.37 Å². The molecule has 2 atom stereocenters. The average molecular weight is 547 g/mol. The predicted octanol–water partition coefficient (Wildman–Crippen LogP) is 7.13. The molecule has 0 heterocycles. The van der Waals surface area contributed by atoms with Crippen molar-refractivity contribution in [2.75, 3.05) is 12.7 Å². The highest BCUT2D eigenvalue weighted by molar-refractivity contribution is 7.57. The molecular formula is C24H24Cl4NO3P. The predicted molar refractivity (Wildman–Crippen MR) is 138 cm³/mol. The summed E-state index contributed by atoms with van der Waals surface area (Å²) in [7, 11) is -3.57. The molecule has 9 heteroatoms. The van der Waals surface area contributed by atoms with Crippen LogP contribution in [0.5, 0.6) is 0 Å².